The number of rotatable bonds is 4. The molecule has 1 N–H and O–H groups in total. The second-order valence-corrected chi connectivity index (χ2v) is 6.95. The van der Waals surface area contributed by atoms with Crippen molar-refractivity contribution >= 4 is 17.6 Å². The number of aromatic nitrogens is 4. The van der Waals surface area contributed by atoms with Crippen LogP contribution in [-0.4, -0.2) is 32.1 Å². The summed E-state index contributed by atoms with van der Waals surface area (Å²) in [6.45, 7) is 0. The van der Waals surface area contributed by atoms with E-state index in [2.05, 4.69) is 20.8 Å². The monoisotopic (exact) mass is 396 g/mol. The highest BCUT2D eigenvalue weighted by Gasteiger charge is 2.41. The van der Waals surface area contributed by atoms with Crippen LogP contribution >= 0.6 is 0 Å². The van der Waals surface area contributed by atoms with Gasteiger partial charge in [-0.25, -0.2) is 23.2 Å². The second-order valence-electron chi connectivity index (χ2n) is 6.95. The first-order valence-electron chi connectivity index (χ1n) is 9.00. The zero-order chi connectivity index (χ0) is 20.1. The fourth-order valence-corrected chi connectivity index (χ4v) is 3.40. The van der Waals surface area contributed by atoms with Crippen LogP contribution in [-0.2, 0) is 4.79 Å². The number of imide groups is 1. The van der Waals surface area contributed by atoms with Crippen molar-refractivity contribution < 1.29 is 18.4 Å². The van der Waals surface area contributed by atoms with E-state index in [-0.39, 0.29) is 17.3 Å². The van der Waals surface area contributed by atoms with Gasteiger partial charge < -0.3 is 5.32 Å². The van der Waals surface area contributed by atoms with Crippen LogP contribution in [0.1, 0.15) is 30.5 Å². The molecule has 1 aliphatic carbocycles. The Labute approximate surface area is 163 Å². The van der Waals surface area contributed by atoms with Crippen molar-refractivity contribution in [2.45, 2.75) is 24.9 Å². The first-order chi connectivity index (χ1) is 14.0. The molecule has 146 valence electrons. The van der Waals surface area contributed by atoms with Gasteiger partial charge in [0.1, 0.15) is 17.7 Å². The smallest absolute Gasteiger partial charge is 0.321 e. The Morgan fingerprint density at radius 1 is 1.07 bits per heavy atom. The average Bonchev–Trinajstić information content (AvgIpc) is 3.36. The third-order valence-electron chi connectivity index (χ3n) is 4.96. The number of nitrogens with one attached hydrogen (secondary N) is 1. The van der Waals surface area contributed by atoms with Crippen molar-refractivity contribution in [1.29, 1.82) is 0 Å². The van der Waals surface area contributed by atoms with Gasteiger partial charge >= 0.3 is 6.03 Å². The molecule has 5 rings (SSSR count). The normalized spacial score (nSPS) is 19.0. The maximum absolute atomic E-state index is 14.1. The molecule has 3 amide bonds. The number of benzene rings is 2. The number of hydrogen-bond acceptors (Lipinski definition) is 5. The number of carbonyl (C=O) groups excluding carboxylic acids is 2. The lowest BCUT2D eigenvalue weighted by atomic mass is 10.1. The summed E-state index contributed by atoms with van der Waals surface area (Å²) in [6, 6.07) is 7.65. The van der Waals surface area contributed by atoms with Gasteiger partial charge in [-0.15, -0.1) is 5.10 Å². The molecule has 0 bridgehead atoms. The van der Waals surface area contributed by atoms with E-state index in [0.717, 1.165) is 35.9 Å². The highest BCUT2D eigenvalue weighted by molar-refractivity contribution is 6.21. The zero-order valence-electron chi connectivity index (χ0n) is 14.9. The third-order valence-corrected chi connectivity index (χ3v) is 4.96. The first kappa shape index (κ1) is 17.4. The Bertz CT molecular complexity index is 1140. The Kier molecular flexibility index (Phi) is 3.86. The van der Waals surface area contributed by atoms with E-state index in [0.29, 0.717) is 11.4 Å². The molecule has 2 fully saturated rings. The van der Waals surface area contributed by atoms with Crippen LogP contribution in [0.25, 0.3) is 11.4 Å². The summed E-state index contributed by atoms with van der Waals surface area (Å²) in [5.41, 5.74) is 0.703. The highest BCUT2D eigenvalue weighted by atomic mass is 19.1. The summed E-state index contributed by atoms with van der Waals surface area (Å²) in [5, 5.41) is 14.2. The lowest BCUT2D eigenvalue weighted by molar-refractivity contribution is -0.118. The van der Waals surface area contributed by atoms with E-state index in [4.69, 9.17) is 0 Å². The molecule has 2 aromatic carbocycles. The van der Waals surface area contributed by atoms with Gasteiger partial charge in [0, 0.05) is 11.1 Å². The fourth-order valence-electron chi connectivity index (χ4n) is 3.40. The number of carbonyl (C=O) groups is 2. The number of tetrazole rings is 1. The molecular weight excluding hydrogens is 382 g/mol. The van der Waals surface area contributed by atoms with Gasteiger partial charge in [-0.2, -0.15) is 0 Å². The van der Waals surface area contributed by atoms with Gasteiger partial charge in [0.25, 0.3) is 5.91 Å². The maximum atomic E-state index is 14.1. The zero-order valence-corrected chi connectivity index (χ0v) is 14.9. The first-order valence-corrected chi connectivity index (χ1v) is 9.00. The Morgan fingerprint density at radius 2 is 1.90 bits per heavy atom. The molecular formula is C19H14F2N6O2. The minimum Gasteiger partial charge on any atom is -0.321 e. The SMILES string of the molecule is O=C1NC(c2cc(F)ccc2F)C(=O)N1c1cccc(-c2nnnn2C2CC2)c1. The lowest BCUT2D eigenvalue weighted by Gasteiger charge is -2.14. The van der Waals surface area contributed by atoms with Gasteiger partial charge in [-0.3, -0.25) is 4.79 Å². The van der Waals surface area contributed by atoms with Crippen LogP contribution in [0.2, 0.25) is 0 Å². The topological polar surface area (TPSA) is 93.0 Å². The largest absolute Gasteiger partial charge is 0.329 e. The van der Waals surface area contributed by atoms with Crippen LogP contribution < -0.4 is 10.2 Å². The van der Waals surface area contributed by atoms with E-state index in [1.54, 1.807) is 28.9 Å². The van der Waals surface area contributed by atoms with Crippen LogP contribution in [0, 0.1) is 11.6 Å². The third kappa shape index (κ3) is 2.93. The van der Waals surface area contributed by atoms with Gasteiger partial charge in [-0.1, -0.05) is 12.1 Å². The minimum absolute atomic E-state index is 0.223. The predicted molar refractivity (Wildman–Crippen MR) is 96.6 cm³/mol. The fraction of sp³-hybridized carbons (Fsp3) is 0.211. The van der Waals surface area contributed by atoms with E-state index in [9.17, 15) is 18.4 Å². The quantitative estimate of drug-likeness (QED) is 0.685. The van der Waals surface area contributed by atoms with E-state index in [1.807, 2.05) is 0 Å². The molecule has 1 aromatic heterocycles. The standard InChI is InChI=1S/C19H14F2N6O2/c20-11-4-7-15(21)14(9-11)16-18(28)26(19(29)22-16)13-3-1-2-10(8-13)17-23-24-25-27(17)12-5-6-12/h1-4,7-9,12,16H,5-6H2,(H,22,29). The van der Waals surface area contributed by atoms with Crippen LogP contribution in [0.4, 0.5) is 19.3 Å². The Morgan fingerprint density at radius 3 is 2.69 bits per heavy atom. The number of nitrogens with zero attached hydrogens (tertiary/aromatic N) is 5. The summed E-state index contributed by atoms with van der Waals surface area (Å²) < 4.78 is 29.4. The summed E-state index contributed by atoms with van der Waals surface area (Å²) in [4.78, 5) is 26.3. The summed E-state index contributed by atoms with van der Waals surface area (Å²) >= 11 is 0. The van der Waals surface area contributed by atoms with Crippen molar-refractivity contribution in [3.05, 3.63) is 59.7 Å². The Balaban J connectivity index is 1.50. The lowest BCUT2D eigenvalue weighted by Crippen LogP contribution is -2.30. The molecule has 8 nitrogen and oxygen atoms in total. The molecule has 1 atom stereocenters. The number of anilines is 1. The van der Waals surface area contributed by atoms with Crippen molar-refractivity contribution in [2.75, 3.05) is 4.90 Å². The number of hydrogen-bond donors (Lipinski definition) is 1. The molecule has 2 aliphatic rings. The van der Waals surface area contributed by atoms with E-state index in [1.165, 1.54) is 0 Å². The van der Waals surface area contributed by atoms with Crippen LogP contribution in [0.3, 0.4) is 0 Å². The van der Waals surface area contributed by atoms with Crippen molar-refractivity contribution in [1.82, 2.24) is 25.5 Å². The molecule has 3 aromatic rings. The number of amides is 3. The molecule has 2 heterocycles. The van der Waals surface area contributed by atoms with E-state index < -0.39 is 29.6 Å². The molecule has 1 aliphatic heterocycles. The molecule has 1 saturated heterocycles. The van der Waals surface area contributed by atoms with Crippen molar-refractivity contribution in [2.24, 2.45) is 0 Å². The summed E-state index contributed by atoms with van der Waals surface area (Å²) in [7, 11) is 0. The van der Waals surface area contributed by atoms with Crippen molar-refractivity contribution in [3.63, 3.8) is 0 Å². The Hall–Kier alpha value is -3.69. The minimum atomic E-state index is -1.31. The molecule has 1 saturated carbocycles. The van der Waals surface area contributed by atoms with E-state index >= 15 is 0 Å². The predicted octanol–water partition coefficient (Wildman–Crippen LogP) is 2.75. The molecule has 0 radical (unpaired) electrons. The van der Waals surface area contributed by atoms with Crippen molar-refractivity contribution in [3.8, 4) is 11.4 Å². The summed E-state index contributed by atoms with van der Waals surface area (Å²) in [5.74, 6) is -1.63. The molecule has 0 spiro atoms. The average molecular weight is 396 g/mol. The highest BCUT2D eigenvalue weighted by Crippen LogP contribution is 2.37. The van der Waals surface area contributed by atoms with Gasteiger partial charge in [0.15, 0.2) is 5.82 Å². The number of halogens is 2. The van der Waals surface area contributed by atoms with Gasteiger partial charge in [-0.05, 0) is 53.6 Å². The second kappa shape index (κ2) is 6.43. The number of urea groups is 1. The summed E-state index contributed by atoms with van der Waals surface area (Å²) in [6.07, 6.45) is 1.98. The van der Waals surface area contributed by atoms with Gasteiger partial charge in [0.05, 0.1) is 11.7 Å². The molecule has 29 heavy (non-hydrogen) atoms. The molecule has 1 unspecified atom stereocenters. The molecule has 10 heteroatoms. The van der Waals surface area contributed by atoms with Crippen LogP contribution in [0.15, 0.2) is 42.5 Å². The maximum Gasteiger partial charge on any atom is 0.329 e. The van der Waals surface area contributed by atoms with Gasteiger partial charge in [0.2, 0.25) is 0 Å². The van der Waals surface area contributed by atoms with Crippen LogP contribution in [0.5, 0.6) is 0 Å².